The maximum Gasteiger partial charge on any atom is 0.0791 e. The zero-order chi connectivity index (χ0) is 15.1. The summed E-state index contributed by atoms with van der Waals surface area (Å²) in [4.78, 5) is 5.09. The Hall–Kier alpha value is -0.160. The quantitative estimate of drug-likeness (QED) is 0.710. The summed E-state index contributed by atoms with van der Waals surface area (Å²) in [6, 6.07) is 0. The summed E-state index contributed by atoms with van der Waals surface area (Å²) in [5.41, 5.74) is 0. The molecule has 0 bridgehead atoms. The number of rotatable bonds is 8. The third kappa shape index (κ3) is 6.64. The molecule has 2 fully saturated rings. The number of hydrogen-bond donors (Lipinski definition) is 2. The molecule has 2 aliphatic heterocycles. The lowest BCUT2D eigenvalue weighted by atomic mass is 9.96. The molecule has 4 nitrogen and oxygen atoms in total. The summed E-state index contributed by atoms with van der Waals surface area (Å²) in [6.07, 6.45) is 5.19. The summed E-state index contributed by atoms with van der Waals surface area (Å²) < 4.78 is 0. The van der Waals surface area contributed by atoms with Crippen molar-refractivity contribution in [3.8, 4) is 0 Å². The SMILES string of the molecule is CC(C)CNCC(O)CN1CCC(CN2CCCC2)CC1. The molecule has 0 radical (unpaired) electrons. The molecule has 2 rings (SSSR count). The molecule has 0 aliphatic carbocycles. The monoisotopic (exact) mass is 297 g/mol. The minimum absolute atomic E-state index is 0.223. The van der Waals surface area contributed by atoms with Crippen molar-refractivity contribution in [1.29, 1.82) is 0 Å². The molecule has 124 valence electrons. The molecule has 2 heterocycles. The van der Waals surface area contributed by atoms with E-state index in [2.05, 4.69) is 29.0 Å². The highest BCUT2D eigenvalue weighted by molar-refractivity contribution is 4.78. The van der Waals surface area contributed by atoms with Crippen LogP contribution >= 0.6 is 0 Å². The van der Waals surface area contributed by atoms with E-state index in [1.54, 1.807) is 0 Å². The van der Waals surface area contributed by atoms with E-state index in [0.717, 1.165) is 25.6 Å². The van der Waals surface area contributed by atoms with Crippen LogP contribution in [0.2, 0.25) is 0 Å². The molecule has 2 N–H and O–H groups in total. The average Bonchev–Trinajstić information content (AvgIpc) is 2.93. The molecule has 0 saturated carbocycles. The molecule has 0 aromatic heterocycles. The van der Waals surface area contributed by atoms with Crippen molar-refractivity contribution in [2.24, 2.45) is 11.8 Å². The lowest BCUT2D eigenvalue weighted by Gasteiger charge is -2.34. The number of aliphatic hydroxyl groups excluding tert-OH is 1. The van der Waals surface area contributed by atoms with Crippen molar-refractivity contribution in [3.05, 3.63) is 0 Å². The van der Waals surface area contributed by atoms with Crippen molar-refractivity contribution in [2.75, 3.05) is 52.4 Å². The number of nitrogens with one attached hydrogen (secondary N) is 1. The Morgan fingerprint density at radius 3 is 2.29 bits per heavy atom. The largest absolute Gasteiger partial charge is 0.390 e. The minimum atomic E-state index is -0.223. The first kappa shape index (κ1) is 17.2. The van der Waals surface area contributed by atoms with Crippen LogP contribution in [0.15, 0.2) is 0 Å². The van der Waals surface area contributed by atoms with Gasteiger partial charge in [0.25, 0.3) is 0 Å². The van der Waals surface area contributed by atoms with Gasteiger partial charge in [-0.25, -0.2) is 0 Å². The van der Waals surface area contributed by atoms with Crippen LogP contribution in [0.25, 0.3) is 0 Å². The second-order valence-electron chi connectivity index (χ2n) is 7.46. The Morgan fingerprint density at radius 1 is 1.00 bits per heavy atom. The van der Waals surface area contributed by atoms with Gasteiger partial charge in [-0.1, -0.05) is 13.8 Å². The van der Waals surface area contributed by atoms with Gasteiger partial charge in [-0.15, -0.1) is 0 Å². The normalized spacial score (nSPS) is 24.0. The van der Waals surface area contributed by atoms with Crippen LogP contribution < -0.4 is 5.32 Å². The van der Waals surface area contributed by atoms with E-state index in [0.29, 0.717) is 5.92 Å². The molecule has 0 spiro atoms. The van der Waals surface area contributed by atoms with Gasteiger partial charge in [0.1, 0.15) is 0 Å². The number of aliphatic hydroxyl groups is 1. The Balaban J connectivity index is 1.55. The number of piperidine rings is 1. The fourth-order valence-corrected chi connectivity index (χ4v) is 3.58. The van der Waals surface area contributed by atoms with Gasteiger partial charge in [-0.3, -0.25) is 0 Å². The molecule has 4 heteroatoms. The fraction of sp³-hybridized carbons (Fsp3) is 1.00. The van der Waals surface area contributed by atoms with Crippen LogP contribution in [-0.2, 0) is 0 Å². The smallest absolute Gasteiger partial charge is 0.0791 e. The van der Waals surface area contributed by atoms with Crippen LogP contribution in [-0.4, -0.2) is 73.4 Å². The molecule has 0 amide bonds. The van der Waals surface area contributed by atoms with Crippen LogP contribution in [0.1, 0.15) is 39.5 Å². The molecule has 0 aromatic carbocycles. The van der Waals surface area contributed by atoms with Gasteiger partial charge in [0, 0.05) is 19.6 Å². The van der Waals surface area contributed by atoms with E-state index in [4.69, 9.17) is 0 Å². The summed E-state index contributed by atoms with van der Waals surface area (Å²) in [6.45, 7) is 13.2. The summed E-state index contributed by atoms with van der Waals surface area (Å²) >= 11 is 0. The molecule has 2 aliphatic rings. The van der Waals surface area contributed by atoms with Crippen molar-refractivity contribution in [3.63, 3.8) is 0 Å². The third-order valence-electron chi connectivity index (χ3n) is 4.82. The minimum Gasteiger partial charge on any atom is -0.390 e. The van der Waals surface area contributed by atoms with E-state index in [1.165, 1.54) is 58.4 Å². The van der Waals surface area contributed by atoms with Crippen molar-refractivity contribution in [2.45, 2.75) is 45.6 Å². The molecular weight excluding hydrogens is 262 g/mol. The van der Waals surface area contributed by atoms with Crippen molar-refractivity contribution >= 4 is 0 Å². The highest BCUT2D eigenvalue weighted by atomic mass is 16.3. The standard InChI is InChI=1S/C17H35N3O/c1-15(2)11-18-12-17(21)14-20-9-5-16(6-10-20)13-19-7-3-4-8-19/h15-18,21H,3-14H2,1-2H3. The predicted octanol–water partition coefficient (Wildman–Crippen LogP) is 1.40. The zero-order valence-corrected chi connectivity index (χ0v) is 14.1. The maximum absolute atomic E-state index is 10.1. The molecule has 1 unspecified atom stereocenters. The van der Waals surface area contributed by atoms with Crippen molar-refractivity contribution < 1.29 is 5.11 Å². The Bertz CT molecular complexity index is 271. The summed E-state index contributed by atoms with van der Waals surface area (Å²) in [5.74, 6) is 1.54. The zero-order valence-electron chi connectivity index (χ0n) is 14.1. The topological polar surface area (TPSA) is 38.7 Å². The predicted molar refractivity (Wildman–Crippen MR) is 88.6 cm³/mol. The highest BCUT2D eigenvalue weighted by Crippen LogP contribution is 2.20. The first-order chi connectivity index (χ1) is 10.1. The number of nitrogens with zero attached hydrogens (tertiary/aromatic N) is 2. The van der Waals surface area contributed by atoms with Crippen LogP contribution in [0.5, 0.6) is 0 Å². The molecular formula is C17H35N3O. The van der Waals surface area contributed by atoms with Gasteiger partial charge in [-0.2, -0.15) is 0 Å². The Morgan fingerprint density at radius 2 is 1.67 bits per heavy atom. The molecule has 2 saturated heterocycles. The molecule has 0 aromatic rings. The van der Waals surface area contributed by atoms with E-state index in [1.807, 2.05) is 0 Å². The van der Waals surface area contributed by atoms with Crippen molar-refractivity contribution in [1.82, 2.24) is 15.1 Å². The lowest BCUT2D eigenvalue weighted by Crippen LogP contribution is -2.44. The molecule has 21 heavy (non-hydrogen) atoms. The van der Waals surface area contributed by atoms with Gasteiger partial charge >= 0.3 is 0 Å². The van der Waals surface area contributed by atoms with E-state index >= 15 is 0 Å². The van der Waals surface area contributed by atoms with E-state index < -0.39 is 0 Å². The van der Waals surface area contributed by atoms with Gasteiger partial charge in [0.2, 0.25) is 0 Å². The van der Waals surface area contributed by atoms with Crippen LogP contribution in [0, 0.1) is 11.8 Å². The van der Waals surface area contributed by atoms with Gasteiger partial charge in [-0.05, 0) is 70.2 Å². The maximum atomic E-state index is 10.1. The second kappa shape index (κ2) is 9.09. The van der Waals surface area contributed by atoms with Crippen LogP contribution in [0.4, 0.5) is 0 Å². The first-order valence-corrected chi connectivity index (χ1v) is 8.97. The third-order valence-corrected chi connectivity index (χ3v) is 4.82. The van der Waals surface area contributed by atoms with Gasteiger partial charge in [0.15, 0.2) is 0 Å². The van der Waals surface area contributed by atoms with E-state index in [-0.39, 0.29) is 6.10 Å². The summed E-state index contributed by atoms with van der Waals surface area (Å²) in [5, 5.41) is 13.4. The van der Waals surface area contributed by atoms with Gasteiger partial charge < -0.3 is 20.2 Å². The second-order valence-corrected chi connectivity index (χ2v) is 7.46. The summed E-state index contributed by atoms with van der Waals surface area (Å²) in [7, 11) is 0. The first-order valence-electron chi connectivity index (χ1n) is 8.97. The lowest BCUT2D eigenvalue weighted by molar-refractivity contribution is 0.0822. The number of likely N-dealkylation sites (tertiary alicyclic amines) is 2. The average molecular weight is 297 g/mol. The molecule has 1 atom stereocenters. The number of β-amino-alcohol motifs (C(OH)–C–C–N with tert-alkyl or cyclic N) is 1. The van der Waals surface area contributed by atoms with E-state index in [9.17, 15) is 5.11 Å². The Labute approximate surface area is 130 Å². The van der Waals surface area contributed by atoms with Gasteiger partial charge in [0.05, 0.1) is 6.10 Å². The van der Waals surface area contributed by atoms with Crippen LogP contribution in [0.3, 0.4) is 0 Å². The fourth-order valence-electron chi connectivity index (χ4n) is 3.58. The number of hydrogen-bond acceptors (Lipinski definition) is 4. The highest BCUT2D eigenvalue weighted by Gasteiger charge is 2.23. The Kier molecular flexibility index (Phi) is 7.44.